The van der Waals surface area contributed by atoms with E-state index in [1.165, 1.54) is 0 Å². The van der Waals surface area contributed by atoms with Crippen molar-refractivity contribution in [2.24, 2.45) is 0 Å². The van der Waals surface area contributed by atoms with Crippen LogP contribution in [0.15, 0.2) is 30.6 Å². The van der Waals surface area contributed by atoms with Gasteiger partial charge >= 0.3 is 0 Å². The Kier molecular flexibility index (Phi) is 4.71. The SMILES string of the molecule is Cc1cc(CCC2CN(C(=O)c3ccc4c(c3)OCO4)CCO2)ncn1. The summed E-state index contributed by atoms with van der Waals surface area (Å²) in [7, 11) is 0. The summed E-state index contributed by atoms with van der Waals surface area (Å²) in [5, 5.41) is 0. The molecule has 0 saturated carbocycles. The molecule has 1 aromatic carbocycles. The van der Waals surface area contributed by atoms with Gasteiger partial charge in [-0.3, -0.25) is 4.79 Å². The number of carbonyl (C=O) groups is 1. The molecule has 0 aliphatic carbocycles. The van der Waals surface area contributed by atoms with E-state index >= 15 is 0 Å². The lowest BCUT2D eigenvalue weighted by molar-refractivity contribution is -0.0247. The number of ether oxygens (including phenoxy) is 3. The minimum Gasteiger partial charge on any atom is -0.454 e. The number of morpholine rings is 1. The Balaban J connectivity index is 1.37. The molecule has 0 spiro atoms. The molecular weight excluding hydrogens is 334 g/mol. The third-order valence-electron chi connectivity index (χ3n) is 4.63. The fourth-order valence-corrected chi connectivity index (χ4v) is 3.25. The fourth-order valence-electron chi connectivity index (χ4n) is 3.25. The van der Waals surface area contributed by atoms with Crippen LogP contribution in [0.2, 0.25) is 0 Å². The minimum absolute atomic E-state index is 0.00511. The van der Waals surface area contributed by atoms with Crippen LogP contribution in [-0.2, 0) is 11.2 Å². The lowest BCUT2D eigenvalue weighted by Gasteiger charge is -2.33. The summed E-state index contributed by atoms with van der Waals surface area (Å²) < 4.78 is 16.5. The molecule has 136 valence electrons. The Hall–Kier alpha value is -2.67. The van der Waals surface area contributed by atoms with Gasteiger partial charge in [-0.25, -0.2) is 9.97 Å². The maximum absolute atomic E-state index is 12.8. The van der Waals surface area contributed by atoms with Crippen molar-refractivity contribution in [3.8, 4) is 11.5 Å². The number of aryl methyl sites for hydroxylation is 2. The van der Waals surface area contributed by atoms with Gasteiger partial charge in [-0.2, -0.15) is 0 Å². The van der Waals surface area contributed by atoms with Crippen molar-refractivity contribution in [1.82, 2.24) is 14.9 Å². The molecule has 2 aliphatic heterocycles. The number of carbonyl (C=O) groups excluding carboxylic acids is 1. The lowest BCUT2D eigenvalue weighted by Crippen LogP contribution is -2.45. The number of amides is 1. The number of hydrogen-bond donors (Lipinski definition) is 0. The molecule has 26 heavy (non-hydrogen) atoms. The molecule has 1 saturated heterocycles. The van der Waals surface area contributed by atoms with E-state index in [1.807, 2.05) is 17.9 Å². The van der Waals surface area contributed by atoms with E-state index in [9.17, 15) is 4.79 Å². The smallest absolute Gasteiger partial charge is 0.254 e. The Labute approximate surface area is 151 Å². The van der Waals surface area contributed by atoms with E-state index in [4.69, 9.17) is 14.2 Å². The zero-order valence-corrected chi connectivity index (χ0v) is 14.7. The first kappa shape index (κ1) is 16.8. The molecular formula is C19H21N3O4. The second-order valence-electron chi connectivity index (χ2n) is 6.50. The maximum atomic E-state index is 12.8. The van der Waals surface area contributed by atoms with Crippen molar-refractivity contribution in [1.29, 1.82) is 0 Å². The number of rotatable bonds is 4. The van der Waals surface area contributed by atoms with Crippen LogP contribution in [0.4, 0.5) is 0 Å². The van der Waals surface area contributed by atoms with Gasteiger partial charge in [0.25, 0.3) is 5.91 Å². The molecule has 2 aliphatic rings. The first-order valence-electron chi connectivity index (χ1n) is 8.77. The summed E-state index contributed by atoms with van der Waals surface area (Å²) in [6.07, 6.45) is 3.22. The van der Waals surface area contributed by atoms with Crippen LogP contribution >= 0.6 is 0 Å². The van der Waals surface area contributed by atoms with Gasteiger partial charge in [-0.15, -0.1) is 0 Å². The van der Waals surface area contributed by atoms with Crippen molar-refractivity contribution in [2.75, 3.05) is 26.5 Å². The van der Waals surface area contributed by atoms with Gasteiger partial charge in [0, 0.05) is 30.0 Å². The van der Waals surface area contributed by atoms with Gasteiger partial charge < -0.3 is 19.1 Å². The van der Waals surface area contributed by atoms with E-state index < -0.39 is 0 Å². The molecule has 2 aromatic rings. The zero-order chi connectivity index (χ0) is 17.9. The van der Waals surface area contributed by atoms with Crippen LogP contribution in [0.1, 0.15) is 28.2 Å². The van der Waals surface area contributed by atoms with E-state index in [0.717, 1.165) is 24.2 Å². The van der Waals surface area contributed by atoms with Crippen molar-refractivity contribution in [3.63, 3.8) is 0 Å². The van der Waals surface area contributed by atoms with E-state index in [1.54, 1.807) is 24.5 Å². The third kappa shape index (κ3) is 3.62. The highest BCUT2D eigenvalue weighted by Gasteiger charge is 2.26. The van der Waals surface area contributed by atoms with Crippen LogP contribution in [0.25, 0.3) is 0 Å². The summed E-state index contributed by atoms with van der Waals surface area (Å²) in [5.41, 5.74) is 2.57. The molecule has 3 heterocycles. The zero-order valence-electron chi connectivity index (χ0n) is 14.7. The normalized spacial score (nSPS) is 18.8. The highest BCUT2D eigenvalue weighted by Crippen LogP contribution is 2.33. The van der Waals surface area contributed by atoms with Crippen molar-refractivity contribution >= 4 is 5.91 Å². The average Bonchev–Trinajstić information content (AvgIpc) is 3.14. The van der Waals surface area contributed by atoms with E-state index in [2.05, 4.69) is 9.97 Å². The molecule has 1 aromatic heterocycles. The average molecular weight is 355 g/mol. The predicted molar refractivity (Wildman–Crippen MR) is 93.3 cm³/mol. The van der Waals surface area contributed by atoms with Crippen molar-refractivity contribution < 1.29 is 19.0 Å². The predicted octanol–water partition coefficient (Wildman–Crippen LogP) is 1.99. The maximum Gasteiger partial charge on any atom is 0.254 e. The summed E-state index contributed by atoms with van der Waals surface area (Å²) in [5.74, 6) is 1.30. The van der Waals surface area contributed by atoms with Gasteiger partial charge in [0.15, 0.2) is 11.5 Å². The van der Waals surface area contributed by atoms with Gasteiger partial charge in [0.05, 0.1) is 12.7 Å². The lowest BCUT2D eigenvalue weighted by atomic mass is 10.1. The highest BCUT2D eigenvalue weighted by atomic mass is 16.7. The molecule has 4 rings (SSSR count). The van der Waals surface area contributed by atoms with Crippen LogP contribution in [0.5, 0.6) is 11.5 Å². The molecule has 1 fully saturated rings. The topological polar surface area (TPSA) is 73.8 Å². The quantitative estimate of drug-likeness (QED) is 0.835. The number of hydrogen-bond acceptors (Lipinski definition) is 6. The monoisotopic (exact) mass is 355 g/mol. The van der Waals surface area contributed by atoms with Crippen LogP contribution in [-0.4, -0.2) is 53.4 Å². The van der Waals surface area contributed by atoms with Crippen LogP contribution < -0.4 is 9.47 Å². The molecule has 7 nitrogen and oxygen atoms in total. The standard InChI is InChI=1S/C19H21N3O4/c1-13-8-15(21-11-20-13)3-4-16-10-22(6-7-24-16)19(23)14-2-5-17-18(9-14)26-12-25-17/h2,5,8-9,11,16H,3-4,6-7,10,12H2,1H3. The van der Waals surface area contributed by atoms with E-state index in [0.29, 0.717) is 36.8 Å². The molecule has 7 heteroatoms. The van der Waals surface area contributed by atoms with Gasteiger partial charge in [0.1, 0.15) is 6.33 Å². The second kappa shape index (κ2) is 7.29. The number of fused-ring (bicyclic) bond motifs is 1. The number of nitrogens with zero attached hydrogens (tertiary/aromatic N) is 3. The van der Waals surface area contributed by atoms with Gasteiger partial charge in [-0.05, 0) is 44.0 Å². The third-order valence-corrected chi connectivity index (χ3v) is 4.63. The molecule has 1 unspecified atom stereocenters. The molecule has 0 radical (unpaired) electrons. The Bertz CT molecular complexity index is 811. The summed E-state index contributed by atoms with van der Waals surface area (Å²) >= 11 is 0. The first-order valence-corrected chi connectivity index (χ1v) is 8.77. The summed E-state index contributed by atoms with van der Waals surface area (Å²) in [6.45, 7) is 3.88. The minimum atomic E-state index is -0.00511. The molecule has 1 amide bonds. The van der Waals surface area contributed by atoms with Crippen molar-refractivity contribution in [3.05, 3.63) is 47.5 Å². The Morgan fingerprint density at radius 2 is 2.12 bits per heavy atom. The van der Waals surface area contributed by atoms with Gasteiger partial charge in [0.2, 0.25) is 6.79 Å². The molecule has 1 atom stereocenters. The van der Waals surface area contributed by atoms with Gasteiger partial charge in [-0.1, -0.05) is 0 Å². The number of benzene rings is 1. The van der Waals surface area contributed by atoms with Crippen molar-refractivity contribution in [2.45, 2.75) is 25.9 Å². The van der Waals surface area contributed by atoms with Crippen LogP contribution in [0, 0.1) is 6.92 Å². The largest absolute Gasteiger partial charge is 0.454 e. The summed E-state index contributed by atoms with van der Waals surface area (Å²) in [6, 6.07) is 7.30. The Morgan fingerprint density at radius 3 is 3.00 bits per heavy atom. The van der Waals surface area contributed by atoms with E-state index in [-0.39, 0.29) is 18.8 Å². The molecule has 0 bridgehead atoms. The molecule has 0 N–H and O–H groups in total. The van der Waals surface area contributed by atoms with Crippen LogP contribution in [0.3, 0.4) is 0 Å². The second-order valence-corrected chi connectivity index (χ2v) is 6.50. The Morgan fingerprint density at radius 1 is 1.23 bits per heavy atom. The number of aromatic nitrogens is 2. The highest BCUT2D eigenvalue weighted by molar-refractivity contribution is 5.95. The summed E-state index contributed by atoms with van der Waals surface area (Å²) in [4.78, 5) is 23.1. The fraction of sp³-hybridized carbons (Fsp3) is 0.421. The first-order chi connectivity index (χ1) is 12.7.